The summed E-state index contributed by atoms with van der Waals surface area (Å²) in [7, 11) is 1.75. The van der Waals surface area contributed by atoms with Crippen molar-refractivity contribution >= 4 is 11.6 Å². The SMILES string of the molecule is CCOC(C)COCc1ccc([C@H]2C[C@H](CC(=O)N(CC)CC)NC[C@@H]2OCc2ccc3c(c2)N(CCCOC)CCO3)cc1. The van der Waals surface area contributed by atoms with E-state index in [1.54, 1.807) is 7.11 Å². The van der Waals surface area contributed by atoms with Crippen molar-refractivity contribution in [2.24, 2.45) is 0 Å². The monoisotopic (exact) mass is 625 g/mol. The van der Waals surface area contributed by atoms with E-state index in [9.17, 15) is 4.79 Å². The second-order valence-corrected chi connectivity index (χ2v) is 12.1. The standard InChI is InChI=1S/C36H55N3O6/c1-6-38(7-2)36(40)22-31-21-32(30-13-10-28(11-14-30)25-42-24-27(4)43-8-3)35(23-37-31)45-26-29-12-15-34-33(20-29)39(17-19-44-34)16-9-18-41-5/h10-15,20,27,31-32,35,37H,6-9,16-19,21-26H2,1-5H3/t27?,31-,32-,35+/m1/s1. The van der Waals surface area contributed by atoms with Crippen LogP contribution in [0.15, 0.2) is 42.5 Å². The van der Waals surface area contributed by atoms with Crippen molar-refractivity contribution in [1.29, 1.82) is 0 Å². The molecule has 0 saturated carbocycles. The molecule has 4 atom stereocenters. The van der Waals surface area contributed by atoms with E-state index < -0.39 is 0 Å². The Morgan fingerprint density at radius 2 is 1.87 bits per heavy atom. The van der Waals surface area contributed by atoms with Crippen LogP contribution in [0.25, 0.3) is 0 Å². The van der Waals surface area contributed by atoms with Gasteiger partial charge < -0.3 is 38.8 Å². The number of amides is 1. The fraction of sp³-hybridized carbons (Fsp3) is 0.639. The molecule has 1 fully saturated rings. The van der Waals surface area contributed by atoms with E-state index in [-0.39, 0.29) is 30.1 Å². The van der Waals surface area contributed by atoms with Crippen molar-refractivity contribution in [1.82, 2.24) is 10.2 Å². The molecule has 0 radical (unpaired) electrons. The van der Waals surface area contributed by atoms with E-state index in [1.807, 2.05) is 32.6 Å². The van der Waals surface area contributed by atoms with Gasteiger partial charge in [0.15, 0.2) is 0 Å². The van der Waals surface area contributed by atoms with Gasteiger partial charge in [-0.1, -0.05) is 30.3 Å². The molecule has 9 nitrogen and oxygen atoms in total. The van der Waals surface area contributed by atoms with Crippen LogP contribution >= 0.6 is 0 Å². The van der Waals surface area contributed by atoms with Crippen LogP contribution in [-0.4, -0.2) is 95.3 Å². The zero-order valence-corrected chi connectivity index (χ0v) is 28.1. The molecule has 2 heterocycles. The Morgan fingerprint density at radius 3 is 2.60 bits per heavy atom. The number of hydrogen-bond donors (Lipinski definition) is 1. The average Bonchev–Trinajstić information content (AvgIpc) is 3.05. The summed E-state index contributed by atoms with van der Waals surface area (Å²) < 4.78 is 29.4. The zero-order valence-electron chi connectivity index (χ0n) is 28.1. The minimum absolute atomic E-state index is 0.0240. The number of hydrogen-bond acceptors (Lipinski definition) is 8. The van der Waals surface area contributed by atoms with E-state index in [1.165, 1.54) is 5.56 Å². The first-order chi connectivity index (χ1) is 21.9. The Balaban J connectivity index is 1.44. The summed E-state index contributed by atoms with van der Waals surface area (Å²) in [6.07, 6.45) is 2.37. The lowest BCUT2D eigenvalue weighted by atomic mass is 9.83. The van der Waals surface area contributed by atoms with E-state index in [0.717, 1.165) is 68.2 Å². The molecule has 0 spiro atoms. The number of nitrogens with one attached hydrogen (secondary N) is 1. The largest absolute Gasteiger partial charge is 0.490 e. The van der Waals surface area contributed by atoms with Gasteiger partial charge in [-0.15, -0.1) is 0 Å². The van der Waals surface area contributed by atoms with Crippen molar-refractivity contribution < 1.29 is 28.5 Å². The number of rotatable bonds is 18. The summed E-state index contributed by atoms with van der Waals surface area (Å²) in [5.74, 6) is 1.30. The minimum Gasteiger partial charge on any atom is -0.490 e. The van der Waals surface area contributed by atoms with Crippen molar-refractivity contribution in [3.8, 4) is 5.75 Å². The highest BCUT2D eigenvalue weighted by Gasteiger charge is 2.33. The van der Waals surface area contributed by atoms with Gasteiger partial charge in [0.2, 0.25) is 5.91 Å². The van der Waals surface area contributed by atoms with Crippen LogP contribution in [0.2, 0.25) is 0 Å². The first-order valence-electron chi connectivity index (χ1n) is 16.9. The number of nitrogens with zero attached hydrogens (tertiary/aromatic N) is 2. The molecule has 2 aliphatic heterocycles. The van der Waals surface area contributed by atoms with Gasteiger partial charge in [-0.05, 0) is 69.4 Å². The van der Waals surface area contributed by atoms with Crippen molar-refractivity contribution in [3.05, 3.63) is 59.2 Å². The smallest absolute Gasteiger partial charge is 0.224 e. The number of benzene rings is 2. The molecule has 250 valence electrons. The molecule has 1 unspecified atom stereocenters. The highest BCUT2D eigenvalue weighted by atomic mass is 16.5. The van der Waals surface area contributed by atoms with E-state index >= 15 is 0 Å². The Hall–Kier alpha value is -2.69. The third-order valence-electron chi connectivity index (χ3n) is 8.84. The number of fused-ring (bicyclic) bond motifs is 1. The van der Waals surface area contributed by atoms with Crippen LogP contribution < -0.4 is 15.0 Å². The van der Waals surface area contributed by atoms with Crippen LogP contribution in [0, 0.1) is 0 Å². The summed E-state index contributed by atoms with van der Waals surface area (Å²) in [5, 5.41) is 3.64. The fourth-order valence-electron chi connectivity index (χ4n) is 6.34. The summed E-state index contributed by atoms with van der Waals surface area (Å²) in [6.45, 7) is 15.8. The summed E-state index contributed by atoms with van der Waals surface area (Å²) in [4.78, 5) is 17.3. The number of carbonyl (C=O) groups is 1. The molecule has 2 aromatic carbocycles. The molecule has 2 aromatic rings. The lowest BCUT2D eigenvalue weighted by Crippen LogP contribution is -2.49. The number of ether oxygens (including phenoxy) is 5. The first-order valence-corrected chi connectivity index (χ1v) is 16.9. The van der Waals surface area contributed by atoms with Crippen molar-refractivity contribution in [2.75, 3.05) is 71.2 Å². The van der Waals surface area contributed by atoms with Gasteiger partial charge in [0.1, 0.15) is 12.4 Å². The molecule has 0 bridgehead atoms. The highest BCUT2D eigenvalue weighted by molar-refractivity contribution is 5.76. The average molecular weight is 626 g/mol. The van der Waals surface area contributed by atoms with Gasteiger partial charge in [0.25, 0.3) is 0 Å². The van der Waals surface area contributed by atoms with Crippen LogP contribution in [-0.2, 0) is 37.0 Å². The van der Waals surface area contributed by atoms with E-state index in [0.29, 0.717) is 46.0 Å². The lowest BCUT2D eigenvalue weighted by Gasteiger charge is -2.38. The first kappa shape index (κ1) is 35.2. The second kappa shape index (κ2) is 18.5. The predicted octanol–water partition coefficient (Wildman–Crippen LogP) is 5.15. The topological polar surface area (TPSA) is 81.7 Å². The summed E-state index contributed by atoms with van der Waals surface area (Å²) >= 11 is 0. The van der Waals surface area contributed by atoms with E-state index in [2.05, 4.69) is 52.7 Å². The third-order valence-corrected chi connectivity index (χ3v) is 8.84. The lowest BCUT2D eigenvalue weighted by molar-refractivity contribution is -0.131. The molecule has 9 heteroatoms. The van der Waals surface area contributed by atoms with Crippen molar-refractivity contribution in [2.45, 2.75) is 84.3 Å². The van der Waals surface area contributed by atoms with Gasteiger partial charge in [-0.2, -0.15) is 0 Å². The normalized spacial score (nSPS) is 20.4. The molecule has 4 rings (SSSR count). The number of carbonyl (C=O) groups excluding carboxylic acids is 1. The Morgan fingerprint density at radius 1 is 1.09 bits per heavy atom. The predicted molar refractivity (Wildman–Crippen MR) is 178 cm³/mol. The van der Waals surface area contributed by atoms with Crippen LogP contribution in [0.5, 0.6) is 5.75 Å². The summed E-state index contributed by atoms with van der Waals surface area (Å²) in [6, 6.07) is 15.2. The number of piperidine rings is 1. The van der Waals surface area contributed by atoms with Gasteiger partial charge in [-0.25, -0.2) is 0 Å². The second-order valence-electron chi connectivity index (χ2n) is 12.1. The van der Waals surface area contributed by atoms with Crippen LogP contribution in [0.1, 0.15) is 69.6 Å². The molecule has 1 amide bonds. The Bertz CT molecular complexity index is 1160. The molecule has 0 aliphatic carbocycles. The third kappa shape index (κ3) is 10.4. The van der Waals surface area contributed by atoms with Gasteiger partial charge >= 0.3 is 0 Å². The maximum atomic E-state index is 13.0. The maximum Gasteiger partial charge on any atom is 0.224 e. The fourth-order valence-corrected chi connectivity index (χ4v) is 6.34. The number of methoxy groups -OCH3 is 1. The van der Waals surface area contributed by atoms with E-state index in [4.69, 9.17) is 23.7 Å². The molecule has 1 saturated heterocycles. The summed E-state index contributed by atoms with van der Waals surface area (Å²) in [5.41, 5.74) is 4.62. The molecule has 1 N–H and O–H groups in total. The molecular weight excluding hydrogens is 570 g/mol. The van der Waals surface area contributed by atoms with Crippen LogP contribution in [0.3, 0.4) is 0 Å². The quantitative estimate of drug-likeness (QED) is 0.228. The molecule has 0 aromatic heterocycles. The van der Waals surface area contributed by atoms with Crippen LogP contribution in [0.4, 0.5) is 5.69 Å². The molecular formula is C36H55N3O6. The minimum atomic E-state index is -0.0240. The van der Waals surface area contributed by atoms with Gasteiger partial charge in [0, 0.05) is 64.9 Å². The van der Waals surface area contributed by atoms with Gasteiger partial charge in [0.05, 0.1) is 44.3 Å². The highest BCUT2D eigenvalue weighted by Crippen LogP contribution is 2.35. The van der Waals surface area contributed by atoms with Gasteiger partial charge in [-0.3, -0.25) is 4.79 Å². The van der Waals surface area contributed by atoms with Crippen molar-refractivity contribution in [3.63, 3.8) is 0 Å². The Kier molecular flexibility index (Phi) is 14.4. The Labute approximate surface area is 270 Å². The maximum absolute atomic E-state index is 13.0. The molecule has 2 aliphatic rings. The zero-order chi connectivity index (χ0) is 32.0. The number of anilines is 1. The molecule has 45 heavy (non-hydrogen) atoms.